The monoisotopic (exact) mass is 405 g/mol. The highest BCUT2D eigenvalue weighted by Crippen LogP contribution is 2.27. The molecule has 3 rings (SSSR count). The molecule has 0 unspecified atom stereocenters. The Bertz CT molecular complexity index is 1170. The Morgan fingerprint density at radius 1 is 0.600 bits per heavy atom. The van der Waals surface area contributed by atoms with Crippen molar-refractivity contribution in [2.75, 3.05) is 5.32 Å². The summed E-state index contributed by atoms with van der Waals surface area (Å²) in [6.07, 6.45) is 0. The highest BCUT2D eigenvalue weighted by molar-refractivity contribution is 6.13. The lowest BCUT2D eigenvalue weighted by Crippen LogP contribution is -2.19. The number of carbonyl (C=O) groups excluding carboxylic acids is 1. The van der Waals surface area contributed by atoms with Crippen LogP contribution in [0.3, 0.4) is 0 Å². The molecule has 1 amide bonds. The summed E-state index contributed by atoms with van der Waals surface area (Å²) in [5.74, 6) is -4.99. The molecule has 0 aliphatic heterocycles. The Balaban J connectivity index is 2.06. The Hall–Kier alpha value is -4.46. The first kappa shape index (κ1) is 20.3. The molecule has 30 heavy (non-hydrogen) atoms. The van der Waals surface area contributed by atoms with Gasteiger partial charge in [0.1, 0.15) is 0 Å². The van der Waals surface area contributed by atoms with Gasteiger partial charge in [-0.25, -0.2) is 14.4 Å². The molecule has 4 N–H and O–H groups in total. The fourth-order valence-electron chi connectivity index (χ4n) is 2.89. The Kier molecular flexibility index (Phi) is 5.59. The van der Waals surface area contributed by atoms with Gasteiger partial charge in [-0.2, -0.15) is 0 Å². The molecule has 8 nitrogen and oxygen atoms in total. The summed E-state index contributed by atoms with van der Waals surface area (Å²) in [6, 6.07) is 16.4. The van der Waals surface area contributed by atoms with Crippen LogP contribution in [-0.2, 0) is 0 Å². The zero-order valence-corrected chi connectivity index (χ0v) is 15.3. The van der Waals surface area contributed by atoms with Crippen molar-refractivity contribution in [2.24, 2.45) is 0 Å². The molecule has 0 radical (unpaired) electrons. The van der Waals surface area contributed by atoms with Gasteiger partial charge in [0.2, 0.25) is 0 Å². The zero-order valence-electron chi connectivity index (χ0n) is 15.3. The number of hydrogen-bond donors (Lipinski definition) is 4. The van der Waals surface area contributed by atoms with E-state index in [-0.39, 0.29) is 16.8 Å². The molecule has 150 valence electrons. The largest absolute Gasteiger partial charge is 0.478 e. The maximum absolute atomic E-state index is 12.8. The van der Waals surface area contributed by atoms with E-state index in [1.165, 1.54) is 12.1 Å². The zero-order chi connectivity index (χ0) is 21.8. The standard InChI is InChI=1S/C22H15NO7/c24-19(17-10-14(20(25)26)7-8-15(17)21(27)28)23-18-11-13(6-9-16(18)22(29)30)12-4-2-1-3-5-12/h1-11H,(H,23,24)(H,25,26)(H,27,28)(H,29,30). The van der Waals surface area contributed by atoms with Crippen molar-refractivity contribution in [3.05, 3.63) is 89.0 Å². The molecule has 0 spiro atoms. The van der Waals surface area contributed by atoms with E-state index in [4.69, 9.17) is 5.11 Å². The molecule has 0 saturated carbocycles. The van der Waals surface area contributed by atoms with Crippen molar-refractivity contribution in [1.82, 2.24) is 0 Å². The molecule has 0 aliphatic rings. The highest BCUT2D eigenvalue weighted by Gasteiger charge is 2.21. The topological polar surface area (TPSA) is 141 Å². The first-order chi connectivity index (χ1) is 14.3. The average molecular weight is 405 g/mol. The molecular formula is C22H15NO7. The van der Waals surface area contributed by atoms with Crippen LogP contribution in [0.4, 0.5) is 5.69 Å². The third kappa shape index (κ3) is 4.17. The van der Waals surface area contributed by atoms with E-state index in [1.54, 1.807) is 30.3 Å². The number of carbonyl (C=O) groups is 4. The van der Waals surface area contributed by atoms with Crippen LogP contribution < -0.4 is 5.32 Å². The molecule has 0 aliphatic carbocycles. The lowest BCUT2D eigenvalue weighted by atomic mass is 10.0. The van der Waals surface area contributed by atoms with E-state index in [9.17, 15) is 29.4 Å². The van der Waals surface area contributed by atoms with Crippen molar-refractivity contribution < 1.29 is 34.5 Å². The van der Waals surface area contributed by atoms with Gasteiger partial charge >= 0.3 is 17.9 Å². The number of carboxylic acid groups (broad SMARTS) is 3. The maximum atomic E-state index is 12.8. The number of carboxylic acids is 3. The number of hydrogen-bond acceptors (Lipinski definition) is 4. The quantitative estimate of drug-likeness (QED) is 0.490. The van der Waals surface area contributed by atoms with E-state index < -0.39 is 34.9 Å². The third-order valence-corrected chi connectivity index (χ3v) is 4.35. The molecule has 3 aromatic carbocycles. The minimum Gasteiger partial charge on any atom is -0.478 e. The van der Waals surface area contributed by atoms with Gasteiger partial charge in [0.15, 0.2) is 0 Å². The molecule has 3 aromatic rings. The highest BCUT2D eigenvalue weighted by atomic mass is 16.4. The molecule has 0 atom stereocenters. The first-order valence-corrected chi connectivity index (χ1v) is 8.62. The summed E-state index contributed by atoms with van der Waals surface area (Å²) < 4.78 is 0. The van der Waals surface area contributed by atoms with Gasteiger partial charge in [-0.3, -0.25) is 4.79 Å². The summed E-state index contributed by atoms with van der Waals surface area (Å²) in [5.41, 5.74) is 0.0805. The fourth-order valence-corrected chi connectivity index (χ4v) is 2.89. The van der Waals surface area contributed by atoms with Gasteiger partial charge in [-0.1, -0.05) is 36.4 Å². The molecule has 0 heterocycles. The molecule has 0 saturated heterocycles. The fraction of sp³-hybridized carbons (Fsp3) is 0. The van der Waals surface area contributed by atoms with Gasteiger partial charge in [-0.15, -0.1) is 0 Å². The third-order valence-electron chi connectivity index (χ3n) is 4.35. The summed E-state index contributed by atoms with van der Waals surface area (Å²) in [5, 5.41) is 30.3. The Morgan fingerprint density at radius 2 is 1.23 bits per heavy atom. The van der Waals surface area contributed by atoms with Crippen molar-refractivity contribution in [1.29, 1.82) is 0 Å². The predicted molar refractivity (Wildman–Crippen MR) is 107 cm³/mol. The van der Waals surface area contributed by atoms with Gasteiger partial charge in [0.25, 0.3) is 5.91 Å². The van der Waals surface area contributed by atoms with Crippen LogP contribution in [0.15, 0.2) is 66.7 Å². The lowest BCUT2D eigenvalue weighted by Gasteiger charge is -2.13. The number of anilines is 1. The van der Waals surface area contributed by atoms with E-state index >= 15 is 0 Å². The van der Waals surface area contributed by atoms with E-state index in [0.29, 0.717) is 5.56 Å². The van der Waals surface area contributed by atoms with Gasteiger partial charge in [-0.05, 0) is 41.5 Å². The van der Waals surface area contributed by atoms with E-state index in [2.05, 4.69) is 5.32 Å². The molecule has 0 aromatic heterocycles. The summed E-state index contributed by atoms with van der Waals surface area (Å²) in [4.78, 5) is 47.0. The van der Waals surface area contributed by atoms with Gasteiger partial charge in [0, 0.05) is 0 Å². The first-order valence-electron chi connectivity index (χ1n) is 8.62. The normalized spacial score (nSPS) is 10.3. The van der Waals surface area contributed by atoms with Gasteiger partial charge < -0.3 is 20.6 Å². The van der Waals surface area contributed by atoms with Crippen LogP contribution in [0.1, 0.15) is 41.4 Å². The van der Waals surface area contributed by atoms with Crippen molar-refractivity contribution in [2.45, 2.75) is 0 Å². The van der Waals surface area contributed by atoms with E-state index in [0.717, 1.165) is 23.8 Å². The number of benzene rings is 3. The smallest absolute Gasteiger partial charge is 0.337 e. The number of aromatic carboxylic acids is 3. The lowest BCUT2D eigenvalue weighted by molar-refractivity contribution is 0.0679. The Morgan fingerprint density at radius 3 is 1.83 bits per heavy atom. The summed E-state index contributed by atoms with van der Waals surface area (Å²) in [6.45, 7) is 0. The van der Waals surface area contributed by atoms with Crippen LogP contribution in [-0.4, -0.2) is 39.1 Å². The van der Waals surface area contributed by atoms with Gasteiger partial charge in [0.05, 0.1) is 27.9 Å². The number of rotatable bonds is 6. The molecule has 0 bridgehead atoms. The minimum atomic E-state index is -1.42. The van der Waals surface area contributed by atoms with Crippen LogP contribution in [0, 0.1) is 0 Å². The second kappa shape index (κ2) is 8.27. The number of nitrogens with one attached hydrogen (secondary N) is 1. The predicted octanol–water partition coefficient (Wildman–Crippen LogP) is 3.70. The van der Waals surface area contributed by atoms with Crippen LogP contribution in [0.5, 0.6) is 0 Å². The second-order valence-corrected chi connectivity index (χ2v) is 6.26. The van der Waals surface area contributed by atoms with E-state index in [1.807, 2.05) is 6.07 Å². The van der Waals surface area contributed by atoms with Crippen LogP contribution in [0.2, 0.25) is 0 Å². The van der Waals surface area contributed by atoms with Crippen molar-refractivity contribution in [3.8, 4) is 11.1 Å². The minimum absolute atomic E-state index is 0.0501. The molecule has 8 heteroatoms. The van der Waals surface area contributed by atoms with Crippen molar-refractivity contribution >= 4 is 29.5 Å². The summed E-state index contributed by atoms with van der Waals surface area (Å²) in [7, 11) is 0. The maximum Gasteiger partial charge on any atom is 0.337 e. The molecular weight excluding hydrogens is 390 g/mol. The van der Waals surface area contributed by atoms with Crippen LogP contribution in [0.25, 0.3) is 11.1 Å². The Labute approximate surface area is 170 Å². The summed E-state index contributed by atoms with van der Waals surface area (Å²) >= 11 is 0. The van der Waals surface area contributed by atoms with Crippen LogP contribution >= 0.6 is 0 Å². The molecule has 0 fully saturated rings. The number of amides is 1. The second-order valence-electron chi connectivity index (χ2n) is 6.26. The van der Waals surface area contributed by atoms with Crippen molar-refractivity contribution in [3.63, 3.8) is 0 Å². The average Bonchev–Trinajstić information content (AvgIpc) is 2.73. The SMILES string of the molecule is O=C(O)c1ccc(C(=O)O)c(C(=O)Nc2cc(-c3ccccc3)ccc2C(=O)O)c1.